The lowest BCUT2D eigenvalue weighted by atomic mass is 10.1. The van der Waals surface area contributed by atoms with Crippen LogP contribution in [0.2, 0.25) is 0 Å². The summed E-state index contributed by atoms with van der Waals surface area (Å²) in [6.45, 7) is 2.16. The zero-order chi connectivity index (χ0) is 18.7. The van der Waals surface area contributed by atoms with Crippen LogP contribution in [0.3, 0.4) is 0 Å². The smallest absolute Gasteiger partial charge is 0.416 e. The predicted octanol–water partition coefficient (Wildman–Crippen LogP) is 1.33. The van der Waals surface area contributed by atoms with Crippen LogP contribution in [0.4, 0.5) is 18.9 Å². The van der Waals surface area contributed by atoms with Crippen LogP contribution in [0.5, 0.6) is 0 Å². The van der Waals surface area contributed by atoms with Crippen molar-refractivity contribution in [2.24, 2.45) is 0 Å². The van der Waals surface area contributed by atoms with Crippen LogP contribution < -0.4 is 4.90 Å². The minimum absolute atomic E-state index is 0.214. The van der Waals surface area contributed by atoms with Crippen LogP contribution in [0.1, 0.15) is 5.56 Å². The molecule has 0 aromatic heterocycles. The van der Waals surface area contributed by atoms with Crippen molar-refractivity contribution < 1.29 is 31.5 Å². The topological polar surface area (TPSA) is 77.9 Å². The van der Waals surface area contributed by atoms with E-state index in [2.05, 4.69) is 0 Å². The lowest BCUT2D eigenvalue weighted by Crippen LogP contribution is -2.47. The van der Waals surface area contributed by atoms with E-state index in [-0.39, 0.29) is 12.3 Å². The van der Waals surface area contributed by atoms with Crippen molar-refractivity contribution in [2.45, 2.75) is 6.18 Å². The summed E-state index contributed by atoms with van der Waals surface area (Å²) in [5, 5.41) is 8.55. The molecule has 0 radical (unpaired) electrons. The fourth-order valence-corrected chi connectivity index (χ4v) is 3.69. The van der Waals surface area contributed by atoms with Crippen molar-refractivity contribution >= 4 is 21.5 Å². The summed E-state index contributed by atoms with van der Waals surface area (Å²) < 4.78 is 61.5. The fourth-order valence-electron chi connectivity index (χ4n) is 2.64. The molecule has 0 atom stereocenters. The van der Waals surface area contributed by atoms with Crippen molar-refractivity contribution in [1.82, 2.24) is 4.90 Å². The fraction of sp³-hybridized carbons (Fsp3) is 0.533. The second kappa shape index (κ2) is 7.61. The van der Waals surface area contributed by atoms with Crippen LogP contribution in [0.15, 0.2) is 24.3 Å². The van der Waals surface area contributed by atoms with Crippen LogP contribution in [-0.2, 0) is 20.8 Å². The minimum atomic E-state index is -4.39. The maximum absolute atomic E-state index is 12.8. The number of halogens is 3. The van der Waals surface area contributed by atoms with E-state index in [9.17, 15) is 26.4 Å². The highest BCUT2D eigenvalue weighted by Crippen LogP contribution is 2.31. The maximum atomic E-state index is 12.8. The number of rotatable bonds is 6. The minimum Gasteiger partial charge on any atom is -0.480 e. The molecule has 0 unspecified atom stereocenters. The maximum Gasteiger partial charge on any atom is 0.416 e. The molecule has 0 saturated carbocycles. The molecule has 1 aliphatic rings. The van der Waals surface area contributed by atoms with Crippen LogP contribution in [0.25, 0.3) is 0 Å². The number of piperazine rings is 1. The summed E-state index contributed by atoms with van der Waals surface area (Å²) in [4.78, 5) is 14.2. The molecule has 0 bridgehead atoms. The lowest BCUT2D eigenvalue weighted by Gasteiger charge is -2.36. The Morgan fingerprint density at radius 2 is 1.80 bits per heavy atom. The summed E-state index contributed by atoms with van der Waals surface area (Å²) in [5.41, 5.74) is -0.222. The van der Waals surface area contributed by atoms with E-state index in [0.29, 0.717) is 31.9 Å². The average Bonchev–Trinajstić information content (AvgIpc) is 2.52. The Labute approximate surface area is 143 Å². The third-order valence-electron chi connectivity index (χ3n) is 3.97. The molecule has 1 aliphatic heterocycles. The van der Waals surface area contributed by atoms with Crippen molar-refractivity contribution in [3.05, 3.63) is 29.8 Å². The lowest BCUT2D eigenvalue weighted by molar-refractivity contribution is -0.137. The summed E-state index contributed by atoms with van der Waals surface area (Å²) in [6.07, 6.45) is -4.39. The van der Waals surface area contributed by atoms with Crippen molar-refractivity contribution in [3.63, 3.8) is 0 Å². The highest BCUT2D eigenvalue weighted by atomic mass is 32.2. The molecule has 10 heteroatoms. The predicted molar refractivity (Wildman–Crippen MR) is 86.4 cm³/mol. The SMILES string of the molecule is O=C(O)CS(=O)(=O)CCN1CCN(c2cccc(C(F)(F)F)c2)CC1. The normalized spacial score (nSPS) is 16.8. The van der Waals surface area contributed by atoms with E-state index in [0.717, 1.165) is 12.1 Å². The Balaban J connectivity index is 1.89. The van der Waals surface area contributed by atoms with Gasteiger partial charge < -0.3 is 10.0 Å². The number of sulfone groups is 1. The number of benzene rings is 1. The van der Waals surface area contributed by atoms with Gasteiger partial charge in [-0.25, -0.2) is 8.42 Å². The van der Waals surface area contributed by atoms with Gasteiger partial charge in [-0.1, -0.05) is 6.07 Å². The molecule has 25 heavy (non-hydrogen) atoms. The average molecular weight is 380 g/mol. The molecular weight excluding hydrogens is 361 g/mol. The van der Waals surface area contributed by atoms with Gasteiger partial charge in [0.05, 0.1) is 11.3 Å². The molecule has 1 N–H and O–H groups in total. The van der Waals surface area contributed by atoms with E-state index in [4.69, 9.17) is 5.11 Å². The molecule has 1 aromatic rings. The molecule has 0 spiro atoms. The Morgan fingerprint density at radius 1 is 1.16 bits per heavy atom. The summed E-state index contributed by atoms with van der Waals surface area (Å²) >= 11 is 0. The third-order valence-corrected chi connectivity index (χ3v) is 5.46. The van der Waals surface area contributed by atoms with E-state index >= 15 is 0 Å². The first-order valence-corrected chi connectivity index (χ1v) is 9.46. The van der Waals surface area contributed by atoms with Gasteiger partial charge in [-0.05, 0) is 18.2 Å². The van der Waals surface area contributed by atoms with E-state index in [1.54, 1.807) is 6.07 Å². The van der Waals surface area contributed by atoms with Crippen molar-refractivity contribution in [3.8, 4) is 0 Å². The number of anilines is 1. The highest BCUT2D eigenvalue weighted by Gasteiger charge is 2.31. The molecular formula is C15H19F3N2O4S. The molecule has 1 aromatic carbocycles. The number of aliphatic carboxylic acids is 1. The van der Waals surface area contributed by atoms with Gasteiger partial charge >= 0.3 is 12.1 Å². The third kappa shape index (κ3) is 5.89. The Morgan fingerprint density at radius 3 is 2.36 bits per heavy atom. The molecule has 1 heterocycles. The van der Waals surface area contributed by atoms with E-state index in [1.165, 1.54) is 6.07 Å². The van der Waals surface area contributed by atoms with Gasteiger partial charge in [0.1, 0.15) is 5.75 Å². The summed E-state index contributed by atoms with van der Waals surface area (Å²) in [6, 6.07) is 5.10. The van der Waals surface area contributed by atoms with Gasteiger partial charge in [0, 0.05) is 38.4 Å². The highest BCUT2D eigenvalue weighted by molar-refractivity contribution is 7.92. The number of carboxylic acid groups (broad SMARTS) is 1. The van der Waals surface area contributed by atoms with Gasteiger partial charge in [0.15, 0.2) is 9.84 Å². The van der Waals surface area contributed by atoms with Gasteiger partial charge in [0.25, 0.3) is 0 Å². The summed E-state index contributed by atoms with van der Waals surface area (Å²) in [7, 11) is -3.65. The number of nitrogens with zero attached hydrogens (tertiary/aromatic N) is 2. The van der Waals surface area contributed by atoms with Gasteiger partial charge in [0.2, 0.25) is 0 Å². The molecule has 6 nitrogen and oxygen atoms in total. The number of carbonyl (C=O) groups is 1. The number of carboxylic acids is 1. The molecule has 1 saturated heterocycles. The first kappa shape index (κ1) is 19.5. The van der Waals surface area contributed by atoms with Gasteiger partial charge in [-0.15, -0.1) is 0 Å². The van der Waals surface area contributed by atoms with Crippen LogP contribution in [-0.4, -0.2) is 68.6 Å². The van der Waals surface area contributed by atoms with Crippen molar-refractivity contribution in [2.75, 3.05) is 49.1 Å². The van der Waals surface area contributed by atoms with E-state index < -0.39 is 33.3 Å². The van der Waals surface area contributed by atoms with Crippen LogP contribution >= 0.6 is 0 Å². The number of hydrogen-bond acceptors (Lipinski definition) is 5. The second-order valence-corrected chi connectivity index (χ2v) is 8.05. The monoisotopic (exact) mass is 380 g/mol. The Bertz CT molecular complexity index is 714. The second-order valence-electron chi connectivity index (χ2n) is 5.86. The molecule has 0 aliphatic carbocycles. The zero-order valence-electron chi connectivity index (χ0n) is 13.4. The standard InChI is InChI=1S/C15H19F3N2O4S/c16-15(17,18)12-2-1-3-13(10-12)20-6-4-19(5-7-20)8-9-25(23,24)11-14(21)22/h1-3,10H,4-9,11H2,(H,21,22). The van der Waals surface area contributed by atoms with Gasteiger partial charge in [-0.2, -0.15) is 13.2 Å². The van der Waals surface area contributed by atoms with E-state index in [1.807, 2.05) is 9.80 Å². The Hall–Kier alpha value is -1.81. The molecule has 2 rings (SSSR count). The number of hydrogen-bond donors (Lipinski definition) is 1. The number of alkyl halides is 3. The molecule has 140 valence electrons. The first-order chi connectivity index (χ1) is 11.6. The zero-order valence-corrected chi connectivity index (χ0v) is 14.2. The first-order valence-electron chi connectivity index (χ1n) is 7.64. The summed E-state index contributed by atoms with van der Waals surface area (Å²) in [5.74, 6) is -2.52. The Kier molecular flexibility index (Phi) is 5.94. The quantitative estimate of drug-likeness (QED) is 0.802. The van der Waals surface area contributed by atoms with Gasteiger partial charge in [-0.3, -0.25) is 9.69 Å². The molecule has 0 amide bonds. The molecule has 1 fully saturated rings. The van der Waals surface area contributed by atoms with Crippen LogP contribution in [0, 0.1) is 0 Å². The largest absolute Gasteiger partial charge is 0.480 e. The van der Waals surface area contributed by atoms with Crippen molar-refractivity contribution in [1.29, 1.82) is 0 Å².